The van der Waals surface area contributed by atoms with Gasteiger partial charge in [0.05, 0.1) is 12.8 Å². The summed E-state index contributed by atoms with van der Waals surface area (Å²) in [5.41, 5.74) is 6.35. The minimum atomic E-state index is -2.55. The third-order valence-corrected chi connectivity index (χ3v) is 2.94. The van der Waals surface area contributed by atoms with Crippen LogP contribution in [0.25, 0.3) is 0 Å². The topological polar surface area (TPSA) is 42.4 Å². The first-order chi connectivity index (χ1) is 9.11. The van der Waals surface area contributed by atoms with E-state index in [4.69, 9.17) is 10.2 Å². The summed E-state index contributed by atoms with van der Waals surface area (Å²) in [5, 5.41) is 0. The van der Waals surface area contributed by atoms with Crippen LogP contribution < -0.4 is 10.6 Å². The van der Waals surface area contributed by atoms with Crippen LogP contribution >= 0.6 is 0 Å². The van der Waals surface area contributed by atoms with Crippen molar-refractivity contribution in [3.05, 3.63) is 47.9 Å². The summed E-state index contributed by atoms with van der Waals surface area (Å²) in [7, 11) is 0. The summed E-state index contributed by atoms with van der Waals surface area (Å²) in [5.74, 6) is 0.735. The van der Waals surface area contributed by atoms with Crippen molar-refractivity contribution in [2.75, 3.05) is 17.2 Å². The van der Waals surface area contributed by atoms with E-state index in [2.05, 4.69) is 0 Å². The quantitative estimate of drug-likeness (QED) is 0.836. The summed E-state index contributed by atoms with van der Waals surface area (Å²) in [4.78, 5) is 1.83. The van der Waals surface area contributed by atoms with Crippen molar-refractivity contribution in [1.82, 2.24) is 0 Å². The van der Waals surface area contributed by atoms with Crippen LogP contribution in [0, 0.1) is 0 Å². The van der Waals surface area contributed by atoms with Gasteiger partial charge in [-0.3, -0.25) is 0 Å². The van der Waals surface area contributed by atoms with Crippen molar-refractivity contribution in [2.24, 2.45) is 0 Å². The summed E-state index contributed by atoms with van der Waals surface area (Å²) < 4.78 is 31.4. The Morgan fingerprint density at radius 2 is 2.11 bits per heavy atom. The van der Waals surface area contributed by atoms with Gasteiger partial charge in [-0.25, -0.2) is 8.78 Å². The molecule has 0 spiro atoms. The Hall–Kier alpha value is -2.04. The second-order valence-electron chi connectivity index (χ2n) is 4.21. The van der Waals surface area contributed by atoms with Crippen molar-refractivity contribution in [3.8, 4) is 0 Å². The molecule has 0 aliphatic heterocycles. The number of rotatable bonds is 5. The normalized spacial score (nSPS) is 10.9. The SMILES string of the molecule is CCN(Cc1ccco1)c1ccc(N)cc1C(F)F. The zero-order chi connectivity index (χ0) is 13.8. The van der Waals surface area contributed by atoms with Crippen LogP contribution in [0.5, 0.6) is 0 Å². The lowest BCUT2D eigenvalue weighted by Crippen LogP contribution is -2.23. The number of nitrogens with zero attached hydrogens (tertiary/aromatic N) is 1. The third kappa shape index (κ3) is 3.05. The number of nitrogen functional groups attached to an aromatic ring is 1. The summed E-state index contributed by atoms with van der Waals surface area (Å²) in [6.45, 7) is 2.96. The Balaban J connectivity index is 2.32. The summed E-state index contributed by atoms with van der Waals surface area (Å²) in [6.07, 6.45) is -0.982. The maximum Gasteiger partial charge on any atom is 0.265 e. The molecule has 0 atom stereocenters. The Bertz CT molecular complexity index is 526. The zero-order valence-electron chi connectivity index (χ0n) is 10.6. The maximum absolute atomic E-state index is 13.1. The predicted molar refractivity (Wildman–Crippen MR) is 71.2 cm³/mol. The van der Waals surface area contributed by atoms with Gasteiger partial charge in [0.2, 0.25) is 0 Å². The third-order valence-electron chi connectivity index (χ3n) is 2.94. The van der Waals surface area contributed by atoms with Gasteiger partial charge in [-0.2, -0.15) is 0 Å². The molecule has 0 radical (unpaired) electrons. The smallest absolute Gasteiger partial charge is 0.265 e. The largest absolute Gasteiger partial charge is 0.467 e. The lowest BCUT2D eigenvalue weighted by atomic mass is 10.1. The minimum absolute atomic E-state index is 0.0478. The second-order valence-corrected chi connectivity index (χ2v) is 4.21. The molecular formula is C14H16F2N2O. The molecular weight excluding hydrogens is 250 g/mol. The van der Waals surface area contributed by atoms with Gasteiger partial charge in [0.1, 0.15) is 5.76 Å². The van der Waals surface area contributed by atoms with E-state index in [1.807, 2.05) is 17.9 Å². The first-order valence-electron chi connectivity index (χ1n) is 6.06. The van der Waals surface area contributed by atoms with Gasteiger partial charge in [0, 0.05) is 23.5 Å². The number of hydrogen-bond donors (Lipinski definition) is 1. The molecule has 1 aromatic carbocycles. The van der Waals surface area contributed by atoms with Crippen LogP contribution in [-0.4, -0.2) is 6.54 Å². The highest BCUT2D eigenvalue weighted by atomic mass is 19.3. The molecule has 19 heavy (non-hydrogen) atoms. The van der Waals surface area contributed by atoms with Crippen LogP contribution in [0.3, 0.4) is 0 Å². The summed E-state index contributed by atoms with van der Waals surface area (Å²) in [6, 6.07) is 8.18. The molecule has 0 saturated carbocycles. The zero-order valence-corrected chi connectivity index (χ0v) is 10.6. The van der Waals surface area contributed by atoms with Gasteiger partial charge in [0.25, 0.3) is 6.43 Å². The summed E-state index contributed by atoms with van der Waals surface area (Å²) >= 11 is 0. The van der Waals surface area contributed by atoms with Gasteiger partial charge in [-0.15, -0.1) is 0 Å². The van der Waals surface area contributed by atoms with Gasteiger partial charge >= 0.3 is 0 Å². The van der Waals surface area contributed by atoms with Crippen molar-refractivity contribution in [3.63, 3.8) is 0 Å². The average molecular weight is 266 g/mol. The Kier molecular flexibility index (Phi) is 4.04. The van der Waals surface area contributed by atoms with E-state index in [-0.39, 0.29) is 5.56 Å². The first-order valence-corrected chi connectivity index (χ1v) is 6.06. The predicted octanol–water partition coefficient (Wildman–Crippen LogP) is 3.83. The molecule has 0 unspecified atom stereocenters. The van der Waals surface area contributed by atoms with Crippen LogP contribution in [0.4, 0.5) is 20.2 Å². The number of hydrogen-bond acceptors (Lipinski definition) is 3. The molecule has 1 heterocycles. The van der Waals surface area contributed by atoms with Crippen molar-refractivity contribution >= 4 is 11.4 Å². The van der Waals surface area contributed by atoms with E-state index >= 15 is 0 Å². The van der Waals surface area contributed by atoms with Crippen molar-refractivity contribution < 1.29 is 13.2 Å². The van der Waals surface area contributed by atoms with Crippen molar-refractivity contribution in [2.45, 2.75) is 19.9 Å². The number of nitrogens with two attached hydrogens (primary N) is 1. The van der Waals surface area contributed by atoms with E-state index in [9.17, 15) is 8.78 Å². The molecule has 0 aliphatic carbocycles. The van der Waals surface area contributed by atoms with Gasteiger partial charge in [-0.1, -0.05) is 0 Å². The standard InChI is InChI=1S/C14H16F2N2O/c1-2-18(9-11-4-3-7-19-11)13-6-5-10(17)8-12(13)14(15)16/h3-8,14H,2,9,17H2,1H3. The molecule has 102 valence electrons. The fourth-order valence-electron chi connectivity index (χ4n) is 1.99. The number of alkyl halides is 2. The maximum atomic E-state index is 13.1. The van der Waals surface area contributed by atoms with Crippen LogP contribution in [-0.2, 0) is 6.54 Å². The average Bonchev–Trinajstić information content (AvgIpc) is 2.89. The van der Waals surface area contributed by atoms with E-state index < -0.39 is 6.43 Å². The molecule has 2 aromatic rings. The Morgan fingerprint density at radius 3 is 2.68 bits per heavy atom. The van der Waals surface area contributed by atoms with Crippen LogP contribution in [0.15, 0.2) is 41.0 Å². The molecule has 0 bridgehead atoms. The van der Waals surface area contributed by atoms with Crippen LogP contribution in [0.1, 0.15) is 24.7 Å². The van der Waals surface area contributed by atoms with E-state index in [0.29, 0.717) is 24.5 Å². The minimum Gasteiger partial charge on any atom is -0.467 e. The van der Waals surface area contributed by atoms with E-state index in [1.54, 1.807) is 24.5 Å². The number of furan rings is 1. The fraction of sp³-hybridized carbons (Fsp3) is 0.286. The van der Waals surface area contributed by atoms with Crippen molar-refractivity contribution in [1.29, 1.82) is 0 Å². The molecule has 5 heteroatoms. The Morgan fingerprint density at radius 1 is 1.32 bits per heavy atom. The number of benzene rings is 1. The first kappa shape index (κ1) is 13.4. The van der Waals surface area contributed by atoms with Crippen LogP contribution in [0.2, 0.25) is 0 Å². The number of halogens is 2. The molecule has 3 nitrogen and oxygen atoms in total. The fourth-order valence-corrected chi connectivity index (χ4v) is 1.99. The molecule has 0 saturated heterocycles. The monoisotopic (exact) mass is 266 g/mol. The van der Waals surface area contributed by atoms with Gasteiger partial charge in [0.15, 0.2) is 0 Å². The van der Waals surface area contributed by atoms with Gasteiger partial charge in [-0.05, 0) is 37.3 Å². The molecule has 1 aromatic heterocycles. The molecule has 0 amide bonds. The highest BCUT2D eigenvalue weighted by Crippen LogP contribution is 2.32. The molecule has 0 fully saturated rings. The van der Waals surface area contributed by atoms with E-state index in [1.165, 1.54) is 6.07 Å². The lowest BCUT2D eigenvalue weighted by molar-refractivity contribution is 0.152. The Labute approximate surface area is 110 Å². The number of anilines is 2. The second kappa shape index (κ2) is 5.73. The van der Waals surface area contributed by atoms with Gasteiger partial charge < -0.3 is 15.1 Å². The molecule has 2 rings (SSSR count). The molecule has 2 N–H and O–H groups in total. The highest BCUT2D eigenvalue weighted by molar-refractivity contribution is 5.60. The van der Waals surface area contributed by atoms with E-state index in [0.717, 1.165) is 5.76 Å². The lowest BCUT2D eigenvalue weighted by Gasteiger charge is -2.25. The molecule has 0 aliphatic rings. The highest BCUT2D eigenvalue weighted by Gasteiger charge is 2.18.